The predicted octanol–water partition coefficient (Wildman–Crippen LogP) is 16.8. The van der Waals surface area contributed by atoms with Crippen molar-refractivity contribution in [2.24, 2.45) is 0 Å². The van der Waals surface area contributed by atoms with Crippen molar-refractivity contribution >= 4 is 32.3 Å². The van der Waals surface area contributed by atoms with E-state index in [9.17, 15) is 0 Å². The molecule has 11 aromatic rings. The van der Waals surface area contributed by atoms with Gasteiger partial charge in [-0.3, -0.25) is 0 Å². The van der Waals surface area contributed by atoms with Crippen LogP contribution in [0.3, 0.4) is 0 Å². The molecular weight excluding hydrogens is 721 g/mol. The molecular formula is C60H36. The zero-order chi connectivity index (χ0) is 39.3. The van der Waals surface area contributed by atoms with Crippen LogP contribution >= 0.6 is 0 Å². The highest BCUT2D eigenvalue weighted by Gasteiger charge is 2.32. The summed E-state index contributed by atoms with van der Waals surface area (Å²) in [5.41, 5.74) is 23.0. The summed E-state index contributed by atoms with van der Waals surface area (Å²) in [7, 11) is 0. The van der Waals surface area contributed by atoms with E-state index in [0.717, 1.165) is 0 Å². The molecule has 0 saturated heterocycles. The molecule has 0 aliphatic heterocycles. The van der Waals surface area contributed by atoms with E-state index in [1.807, 2.05) is 0 Å². The number of rotatable bonds is 5. The largest absolute Gasteiger partial charge is 0.0622 e. The SMILES string of the molecule is c1ccc(-c2cccc(-c3c4c(c(-c5cccc(-c6ccccc6)c5)c5ccccc35)-c3ccc(-c5ccc6c7c(cccc57)-c5ccccc5-6)c5cccc-4c35)c2)cc1. The third-order valence-corrected chi connectivity index (χ3v) is 13.1. The maximum Gasteiger partial charge on any atom is -0.000741 e. The van der Waals surface area contributed by atoms with E-state index in [2.05, 4.69) is 218 Å². The number of benzene rings is 11. The quantitative estimate of drug-likeness (QED) is 0.164. The van der Waals surface area contributed by atoms with Gasteiger partial charge < -0.3 is 0 Å². The summed E-state index contributed by atoms with van der Waals surface area (Å²) in [6.07, 6.45) is 0. The average molecular weight is 757 g/mol. The highest BCUT2D eigenvalue weighted by Crippen LogP contribution is 2.59. The van der Waals surface area contributed by atoms with Crippen molar-refractivity contribution in [1.82, 2.24) is 0 Å². The lowest BCUT2D eigenvalue weighted by molar-refractivity contribution is 1.59. The molecule has 0 heteroatoms. The van der Waals surface area contributed by atoms with Crippen molar-refractivity contribution in [3.8, 4) is 100 Å². The van der Waals surface area contributed by atoms with Crippen LogP contribution in [-0.2, 0) is 0 Å². The second-order valence-electron chi connectivity index (χ2n) is 16.3. The molecule has 0 bridgehead atoms. The van der Waals surface area contributed by atoms with Gasteiger partial charge in [-0.05, 0) is 145 Å². The van der Waals surface area contributed by atoms with Crippen molar-refractivity contribution in [2.75, 3.05) is 0 Å². The fourth-order valence-electron chi connectivity index (χ4n) is 10.6. The van der Waals surface area contributed by atoms with E-state index in [1.54, 1.807) is 0 Å². The van der Waals surface area contributed by atoms with Crippen molar-refractivity contribution in [1.29, 1.82) is 0 Å². The Labute approximate surface area is 349 Å². The fourth-order valence-corrected chi connectivity index (χ4v) is 10.6. The zero-order valence-corrected chi connectivity index (χ0v) is 32.8. The van der Waals surface area contributed by atoms with Crippen LogP contribution in [0.1, 0.15) is 0 Å². The lowest BCUT2D eigenvalue weighted by atomic mass is 9.82. The highest BCUT2D eigenvalue weighted by atomic mass is 14.3. The first-order valence-electron chi connectivity index (χ1n) is 20.9. The van der Waals surface area contributed by atoms with Crippen LogP contribution < -0.4 is 0 Å². The molecule has 0 fully saturated rings. The Bertz CT molecular complexity index is 3410. The average Bonchev–Trinajstić information content (AvgIpc) is 3.83. The summed E-state index contributed by atoms with van der Waals surface area (Å²) in [6, 6.07) is 81.2. The van der Waals surface area contributed by atoms with Crippen LogP contribution in [-0.4, -0.2) is 0 Å². The molecule has 0 N–H and O–H groups in total. The van der Waals surface area contributed by atoms with Gasteiger partial charge in [0.1, 0.15) is 0 Å². The Balaban J connectivity index is 1.12. The number of fused-ring (bicyclic) bond motifs is 7. The summed E-state index contributed by atoms with van der Waals surface area (Å²) >= 11 is 0. The van der Waals surface area contributed by atoms with Gasteiger partial charge in [0.25, 0.3) is 0 Å². The third-order valence-electron chi connectivity index (χ3n) is 13.1. The van der Waals surface area contributed by atoms with Gasteiger partial charge in [-0.1, -0.05) is 206 Å². The number of hydrogen-bond acceptors (Lipinski definition) is 0. The van der Waals surface area contributed by atoms with Crippen LogP contribution in [0.2, 0.25) is 0 Å². The second kappa shape index (κ2) is 12.9. The smallest absolute Gasteiger partial charge is 0.000741 e. The molecule has 13 rings (SSSR count). The van der Waals surface area contributed by atoms with Gasteiger partial charge in [0, 0.05) is 0 Å². The molecule has 0 nitrogen and oxygen atoms in total. The molecule has 0 radical (unpaired) electrons. The molecule has 0 saturated carbocycles. The maximum atomic E-state index is 2.43. The molecule has 2 aliphatic rings. The second-order valence-corrected chi connectivity index (χ2v) is 16.3. The van der Waals surface area contributed by atoms with Crippen molar-refractivity contribution in [3.05, 3.63) is 218 Å². The molecule has 0 amide bonds. The summed E-state index contributed by atoms with van der Waals surface area (Å²) < 4.78 is 0. The van der Waals surface area contributed by atoms with E-state index >= 15 is 0 Å². The van der Waals surface area contributed by atoms with Gasteiger partial charge in [-0.15, -0.1) is 0 Å². The maximum absolute atomic E-state index is 2.43. The van der Waals surface area contributed by atoms with Crippen molar-refractivity contribution in [2.45, 2.75) is 0 Å². The lowest BCUT2D eigenvalue weighted by Gasteiger charge is -2.21. The molecule has 2 aliphatic carbocycles. The first kappa shape index (κ1) is 33.2. The number of hydrogen-bond donors (Lipinski definition) is 0. The molecule has 0 heterocycles. The minimum absolute atomic E-state index is 1.22. The molecule has 0 spiro atoms. The monoisotopic (exact) mass is 756 g/mol. The Morgan fingerprint density at radius 1 is 0.167 bits per heavy atom. The van der Waals surface area contributed by atoms with Crippen molar-refractivity contribution in [3.63, 3.8) is 0 Å². The lowest BCUT2D eigenvalue weighted by Crippen LogP contribution is -1.94. The standard InChI is InChI=1S/C60H36/c1-3-15-37(16-4-1)39-19-11-21-41(35-39)55-50-25-9-10-26-51(50)56(42-22-12-20-40(36-42)38-17-5-2-6-18-38)60-54-34-32-46(49-29-14-30-53(58(49)54)59(55)60)45-31-33-52-44-24-8-7-23-43(44)47-27-13-28-48(45)57(47)52/h1-36H. The molecule has 60 heavy (non-hydrogen) atoms. The molecule has 0 atom stereocenters. The molecule has 0 aromatic heterocycles. The minimum Gasteiger partial charge on any atom is -0.0622 e. The van der Waals surface area contributed by atoms with Crippen LogP contribution in [0.25, 0.3) is 132 Å². The zero-order valence-electron chi connectivity index (χ0n) is 32.8. The van der Waals surface area contributed by atoms with Crippen LogP contribution in [0.5, 0.6) is 0 Å². The topological polar surface area (TPSA) is 0 Å². The molecule has 11 aromatic carbocycles. The van der Waals surface area contributed by atoms with Crippen molar-refractivity contribution < 1.29 is 0 Å². The summed E-state index contributed by atoms with van der Waals surface area (Å²) in [5, 5.41) is 7.80. The predicted molar refractivity (Wildman–Crippen MR) is 255 cm³/mol. The van der Waals surface area contributed by atoms with E-state index in [0.29, 0.717) is 0 Å². The Morgan fingerprint density at radius 3 is 1.05 bits per heavy atom. The van der Waals surface area contributed by atoms with Crippen LogP contribution in [0, 0.1) is 0 Å². The Morgan fingerprint density at radius 2 is 0.500 bits per heavy atom. The fraction of sp³-hybridized carbons (Fsp3) is 0. The summed E-state index contributed by atoms with van der Waals surface area (Å²) in [4.78, 5) is 0. The Hall–Kier alpha value is -7.80. The van der Waals surface area contributed by atoms with E-state index in [-0.39, 0.29) is 0 Å². The summed E-state index contributed by atoms with van der Waals surface area (Å²) in [5.74, 6) is 0. The van der Waals surface area contributed by atoms with Gasteiger partial charge in [-0.2, -0.15) is 0 Å². The molecule has 276 valence electrons. The van der Waals surface area contributed by atoms with Gasteiger partial charge in [0.05, 0.1) is 0 Å². The van der Waals surface area contributed by atoms with Gasteiger partial charge in [-0.25, -0.2) is 0 Å². The van der Waals surface area contributed by atoms with Gasteiger partial charge >= 0.3 is 0 Å². The van der Waals surface area contributed by atoms with E-state index in [1.165, 1.54) is 132 Å². The van der Waals surface area contributed by atoms with Gasteiger partial charge in [0.2, 0.25) is 0 Å². The minimum atomic E-state index is 1.22. The molecule has 0 unspecified atom stereocenters. The first-order chi connectivity index (χ1) is 29.8. The normalized spacial score (nSPS) is 12.0. The summed E-state index contributed by atoms with van der Waals surface area (Å²) in [6.45, 7) is 0. The first-order valence-corrected chi connectivity index (χ1v) is 20.9. The van der Waals surface area contributed by atoms with Gasteiger partial charge in [0.15, 0.2) is 0 Å². The van der Waals surface area contributed by atoms with E-state index < -0.39 is 0 Å². The third kappa shape index (κ3) is 4.73. The van der Waals surface area contributed by atoms with Crippen LogP contribution in [0.4, 0.5) is 0 Å². The van der Waals surface area contributed by atoms with E-state index in [4.69, 9.17) is 0 Å². The highest BCUT2D eigenvalue weighted by molar-refractivity contribution is 6.30. The van der Waals surface area contributed by atoms with Crippen LogP contribution in [0.15, 0.2) is 218 Å². The Kier molecular flexibility index (Phi) is 7.11.